The van der Waals surface area contributed by atoms with Crippen LogP contribution in [0.4, 0.5) is 0 Å². The molecule has 1 saturated heterocycles. The Bertz CT molecular complexity index is 397. The summed E-state index contributed by atoms with van der Waals surface area (Å²) >= 11 is 0. The predicted molar refractivity (Wildman–Crippen MR) is 62.6 cm³/mol. The van der Waals surface area contributed by atoms with Crippen LogP contribution < -0.4 is 4.74 Å². The van der Waals surface area contributed by atoms with Crippen molar-refractivity contribution in [3.8, 4) is 5.75 Å². The fraction of sp³-hybridized carbons (Fsp3) is 0.462. The van der Waals surface area contributed by atoms with Crippen LogP contribution in [-0.4, -0.2) is 30.5 Å². The normalized spacial score (nSPS) is 14.5. The molecule has 1 heterocycles. The molecule has 1 amide bonds. The highest BCUT2D eigenvalue weighted by molar-refractivity contribution is 5.78. The highest BCUT2D eigenvalue weighted by atomic mass is 16.5. The number of hydrogen-bond donors (Lipinski definition) is 0. The summed E-state index contributed by atoms with van der Waals surface area (Å²) in [7, 11) is 0. The van der Waals surface area contributed by atoms with Gasteiger partial charge in [-0.05, 0) is 37.5 Å². The number of amides is 1. The first-order valence-corrected chi connectivity index (χ1v) is 5.65. The minimum Gasteiger partial charge on any atom is -0.483 e. The van der Waals surface area contributed by atoms with E-state index >= 15 is 0 Å². The summed E-state index contributed by atoms with van der Waals surface area (Å²) in [6, 6.07) is 5.90. The van der Waals surface area contributed by atoms with Crippen molar-refractivity contribution in [3.63, 3.8) is 0 Å². The van der Waals surface area contributed by atoms with Crippen molar-refractivity contribution in [3.05, 3.63) is 29.3 Å². The zero-order valence-corrected chi connectivity index (χ0v) is 9.82. The predicted octanol–water partition coefficient (Wildman–Crippen LogP) is 1.91. The van der Waals surface area contributed by atoms with E-state index in [1.807, 2.05) is 36.9 Å². The van der Waals surface area contributed by atoms with Crippen molar-refractivity contribution in [2.45, 2.75) is 20.3 Å². The van der Waals surface area contributed by atoms with Crippen LogP contribution in [0.5, 0.6) is 5.75 Å². The van der Waals surface area contributed by atoms with E-state index in [1.165, 1.54) is 5.56 Å². The van der Waals surface area contributed by atoms with Gasteiger partial charge in [0, 0.05) is 13.1 Å². The number of hydrogen-bond acceptors (Lipinski definition) is 2. The Morgan fingerprint density at radius 2 is 2.12 bits per heavy atom. The van der Waals surface area contributed by atoms with Gasteiger partial charge in [-0.2, -0.15) is 0 Å². The molecular weight excluding hydrogens is 202 g/mol. The van der Waals surface area contributed by atoms with Crippen molar-refractivity contribution < 1.29 is 9.53 Å². The van der Waals surface area contributed by atoms with Gasteiger partial charge in [0.05, 0.1) is 0 Å². The Morgan fingerprint density at radius 1 is 1.38 bits per heavy atom. The minimum atomic E-state index is 0.0900. The van der Waals surface area contributed by atoms with E-state index in [0.29, 0.717) is 0 Å². The minimum absolute atomic E-state index is 0.0900. The first-order chi connectivity index (χ1) is 7.68. The maximum absolute atomic E-state index is 11.6. The van der Waals surface area contributed by atoms with Gasteiger partial charge in [0.2, 0.25) is 0 Å². The van der Waals surface area contributed by atoms with Gasteiger partial charge < -0.3 is 9.64 Å². The lowest BCUT2D eigenvalue weighted by atomic mass is 10.1. The topological polar surface area (TPSA) is 29.5 Å². The standard InChI is InChI=1S/C13H17NO2/c1-10-5-3-6-12(11(10)2)16-9-13(15)14-7-4-8-14/h3,5-6H,4,7-9H2,1-2H3. The summed E-state index contributed by atoms with van der Waals surface area (Å²) < 4.78 is 5.55. The summed E-state index contributed by atoms with van der Waals surface area (Å²) in [5.74, 6) is 0.904. The smallest absolute Gasteiger partial charge is 0.260 e. The highest BCUT2D eigenvalue weighted by Crippen LogP contribution is 2.20. The Morgan fingerprint density at radius 3 is 2.75 bits per heavy atom. The van der Waals surface area contributed by atoms with Gasteiger partial charge in [0.15, 0.2) is 6.61 Å². The molecule has 3 heteroatoms. The van der Waals surface area contributed by atoms with Gasteiger partial charge in [0.25, 0.3) is 5.91 Å². The second-order valence-electron chi connectivity index (χ2n) is 4.22. The average molecular weight is 219 g/mol. The molecule has 0 bridgehead atoms. The summed E-state index contributed by atoms with van der Waals surface area (Å²) in [4.78, 5) is 13.4. The van der Waals surface area contributed by atoms with Gasteiger partial charge in [0.1, 0.15) is 5.75 Å². The number of benzene rings is 1. The van der Waals surface area contributed by atoms with Crippen molar-refractivity contribution in [2.75, 3.05) is 19.7 Å². The Kier molecular flexibility index (Phi) is 3.13. The van der Waals surface area contributed by atoms with Crippen molar-refractivity contribution in [1.82, 2.24) is 4.90 Å². The number of rotatable bonds is 3. The molecule has 2 rings (SSSR count). The van der Waals surface area contributed by atoms with Gasteiger partial charge in [-0.3, -0.25) is 4.79 Å². The molecule has 0 radical (unpaired) electrons. The van der Waals surface area contributed by atoms with Crippen LogP contribution in [0.25, 0.3) is 0 Å². The second kappa shape index (κ2) is 4.56. The molecule has 3 nitrogen and oxygen atoms in total. The lowest BCUT2D eigenvalue weighted by Gasteiger charge is -2.30. The molecule has 1 aromatic carbocycles. The Balaban J connectivity index is 1.93. The van der Waals surface area contributed by atoms with E-state index in [0.717, 1.165) is 30.8 Å². The largest absolute Gasteiger partial charge is 0.483 e. The number of carbonyl (C=O) groups excluding carboxylic acids is 1. The number of carbonyl (C=O) groups is 1. The van der Waals surface area contributed by atoms with Gasteiger partial charge in [-0.1, -0.05) is 12.1 Å². The zero-order valence-electron chi connectivity index (χ0n) is 9.82. The van der Waals surface area contributed by atoms with Crippen LogP contribution in [0.1, 0.15) is 17.5 Å². The molecule has 86 valence electrons. The van der Waals surface area contributed by atoms with E-state index in [4.69, 9.17) is 4.74 Å². The van der Waals surface area contributed by atoms with Crippen LogP contribution in [0.3, 0.4) is 0 Å². The van der Waals surface area contributed by atoms with Crippen LogP contribution in [0, 0.1) is 13.8 Å². The fourth-order valence-corrected chi connectivity index (χ4v) is 1.68. The van der Waals surface area contributed by atoms with Gasteiger partial charge >= 0.3 is 0 Å². The van der Waals surface area contributed by atoms with Gasteiger partial charge in [-0.15, -0.1) is 0 Å². The van der Waals surface area contributed by atoms with Crippen LogP contribution in [-0.2, 0) is 4.79 Å². The van der Waals surface area contributed by atoms with E-state index in [-0.39, 0.29) is 12.5 Å². The summed E-state index contributed by atoms with van der Waals surface area (Å²) in [5.41, 5.74) is 2.30. The molecular formula is C13H17NO2. The third-order valence-corrected chi connectivity index (χ3v) is 3.11. The number of likely N-dealkylation sites (tertiary alicyclic amines) is 1. The molecule has 0 spiro atoms. The second-order valence-corrected chi connectivity index (χ2v) is 4.22. The van der Waals surface area contributed by atoms with E-state index in [9.17, 15) is 4.79 Å². The number of ether oxygens (including phenoxy) is 1. The monoisotopic (exact) mass is 219 g/mol. The molecule has 1 aliphatic heterocycles. The van der Waals surface area contributed by atoms with Crippen molar-refractivity contribution in [1.29, 1.82) is 0 Å². The molecule has 0 atom stereocenters. The average Bonchev–Trinajstić information content (AvgIpc) is 2.18. The molecule has 1 aliphatic rings. The zero-order chi connectivity index (χ0) is 11.5. The summed E-state index contributed by atoms with van der Waals surface area (Å²) in [6.45, 7) is 5.98. The molecule has 1 aromatic rings. The third-order valence-electron chi connectivity index (χ3n) is 3.11. The number of nitrogens with zero attached hydrogens (tertiary/aromatic N) is 1. The molecule has 1 fully saturated rings. The van der Waals surface area contributed by atoms with E-state index in [1.54, 1.807) is 0 Å². The van der Waals surface area contributed by atoms with Crippen molar-refractivity contribution >= 4 is 5.91 Å². The van der Waals surface area contributed by atoms with Crippen LogP contribution in [0.15, 0.2) is 18.2 Å². The molecule has 0 N–H and O–H groups in total. The lowest BCUT2D eigenvalue weighted by Crippen LogP contribution is -2.44. The summed E-state index contributed by atoms with van der Waals surface area (Å²) in [6.07, 6.45) is 1.12. The van der Waals surface area contributed by atoms with Gasteiger partial charge in [-0.25, -0.2) is 0 Å². The summed E-state index contributed by atoms with van der Waals surface area (Å²) in [5, 5.41) is 0. The maximum Gasteiger partial charge on any atom is 0.260 e. The van der Waals surface area contributed by atoms with E-state index < -0.39 is 0 Å². The maximum atomic E-state index is 11.6. The first-order valence-electron chi connectivity index (χ1n) is 5.65. The third kappa shape index (κ3) is 2.18. The number of aryl methyl sites for hydroxylation is 1. The highest BCUT2D eigenvalue weighted by Gasteiger charge is 2.20. The fourth-order valence-electron chi connectivity index (χ4n) is 1.68. The quantitative estimate of drug-likeness (QED) is 0.777. The Labute approximate surface area is 96.0 Å². The molecule has 0 aromatic heterocycles. The SMILES string of the molecule is Cc1cccc(OCC(=O)N2CCC2)c1C. The first kappa shape index (κ1) is 11.0. The lowest BCUT2D eigenvalue weighted by molar-refractivity contribution is -0.136. The molecule has 16 heavy (non-hydrogen) atoms. The Hall–Kier alpha value is -1.51. The van der Waals surface area contributed by atoms with E-state index in [2.05, 4.69) is 0 Å². The van der Waals surface area contributed by atoms with Crippen LogP contribution >= 0.6 is 0 Å². The van der Waals surface area contributed by atoms with Crippen molar-refractivity contribution in [2.24, 2.45) is 0 Å². The molecule has 0 aliphatic carbocycles. The van der Waals surface area contributed by atoms with Crippen LogP contribution in [0.2, 0.25) is 0 Å². The molecule has 0 saturated carbocycles. The molecule has 0 unspecified atom stereocenters.